The third-order valence-corrected chi connectivity index (χ3v) is 5.37. The lowest BCUT2D eigenvalue weighted by atomic mass is 10.0. The number of hydrogen-bond acceptors (Lipinski definition) is 2. The van der Waals surface area contributed by atoms with Crippen molar-refractivity contribution in [1.82, 2.24) is 0 Å². The smallest absolute Gasteiger partial charge is 0.229 e. The van der Waals surface area contributed by atoms with Gasteiger partial charge < -0.3 is 10.2 Å². The van der Waals surface area contributed by atoms with Crippen molar-refractivity contribution < 1.29 is 9.59 Å². The zero-order valence-corrected chi connectivity index (χ0v) is 16.1. The Hall–Kier alpha value is -2.04. The molecule has 1 atom stereocenters. The number of halogens is 2. The van der Waals surface area contributed by atoms with E-state index in [1.807, 2.05) is 24.3 Å². The van der Waals surface area contributed by atoms with Gasteiger partial charge in [-0.25, -0.2) is 0 Å². The Morgan fingerprint density at radius 3 is 2.62 bits per heavy atom. The molecule has 1 heterocycles. The average molecular weight is 391 g/mol. The summed E-state index contributed by atoms with van der Waals surface area (Å²) in [6.45, 7) is 4.53. The number of anilines is 2. The summed E-state index contributed by atoms with van der Waals surface area (Å²) < 4.78 is 0. The Bertz CT molecular complexity index is 851. The van der Waals surface area contributed by atoms with E-state index in [9.17, 15) is 9.59 Å². The van der Waals surface area contributed by atoms with Gasteiger partial charge in [0.2, 0.25) is 11.8 Å². The quantitative estimate of drug-likeness (QED) is 0.788. The third kappa shape index (κ3) is 3.71. The molecule has 0 spiro atoms. The first-order chi connectivity index (χ1) is 12.4. The molecule has 0 saturated carbocycles. The number of hydrogen-bond donors (Lipinski definition) is 1. The van der Waals surface area contributed by atoms with Gasteiger partial charge in [0.05, 0.1) is 21.7 Å². The van der Waals surface area contributed by atoms with E-state index in [4.69, 9.17) is 23.2 Å². The van der Waals surface area contributed by atoms with Gasteiger partial charge >= 0.3 is 0 Å². The molecular formula is C20H20Cl2N2O2. The summed E-state index contributed by atoms with van der Waals surface area (Å²) in [5.74, 6) is -0.419. The van der Waals surface area contributed by atoms with Crippen molar-refractivity contribution in [1.29, 1.82) is 0 Å². The van der Waals surface area contributed by atoms with Crippen molar-refractivity contribution in [3.63, 3.8) is 0 Å². The van der Waals surface area contributed by atoms with Crippen molar-refractivity contribution in [2.75, 3.05) is 16.8 Å². The van der Waals surface area contributed by atoms with E-state index in [0.29, 0.717) is 22.3 Å². The predicted molar refractivity (Wildman–Crippen MR) is 106 cm³/mol. The largest absolute Gasteiger partial charge is 0.324 e. The maximum atomic E-state index is 12.6. The second-order valence-electron chi connectivity index (χ2n) is 6.71. The van der Waals surface area contributed by atoms with Gasteiger partial charge in [0, 0.05) is 18.7 Å². The molecule has 6 heteroatoms. The fraction of sp³-hybridized carbons (Fsp3) is 0.300. The molecule has 2 aromatic rings. The van der Waals surface area contributed by atoms with Crippen LogP contribution in [-0.4, -0.2) is 18.4 Å². The first-order valence-electron chi connectivity index (χ1n) is 8.52. The summed E-state index contributed by atoms with van der Waals surface area (Å²) in [5.41, 5.74) is 2.43. The highest BCUT2D eigenvalue weighted by Gasteiger charge is 2.36. The van der Waals surface area contributed by atoms with Crippen molar-refractivity contribution in [2.24, 2.45) is 5.92 Å². The zero-order chi connectivity index (χ0) is 18.8. The summed E-state index contributed by atoms with van der Waals surface area (Å²) in [6.07, 6.45) is 0.177. The molecule has 26 heavy (non-hydrogen) atoms. The first kappa shape index (κ1) is 18.7. The lowest BCUT2D eigenvalue weighted by molar-refractivity contribution is -0.122. The van der Waals surface area contributed by atoms with Crippen molar-refractivity contribution in [3.05, 3.63) is 58.1 Å². The van der Waals surface area contributed by atoms with E-state index in [-0.39, 0.29) is 24.2 Å². The maximum absolute atomic E-state index is 12.6. The molecule has 1 saturated heterocycles. The summed E-state index contributed by atoms with van der Waals surface area (Å²) in [6, 6.07) is 12.9. The molecule has 3 rings (SSSR count). The van der Waals surface area contributed by atoms with Gasteiger partial charge in [-0.15, -0.1) is 0 Å². The van der Waals surface area contributed by atoms with Crippen LogP contribution in [0, 0.1) is 5.92 Å². The Labute approximate surface area is 163 Å². The minimum atomic E-state index is -0.433. The normalized spacial score (nSPS) is 17.0. The SMILES string of the molecule is CC(C)c1ccccc1N1CC(C(=O)Nc2cccc(Cl)c2Cl)CC1=O. The molecule has 2 amide bonds. The van der Waals surface area contributed by atoms with Crippen LogP contribution in [0.25, 0.3) is 0 Å². The Morgan fingerprint density at radius 2 is 1.88 bits per heavy atom. The maximum Gasteiger partial charge on any atom is 0.229 e. The fourth-order valence-electron chi connectivity index (χ4n) is 3.17. The van der Waals surface area contributed by atoms with Crippen molar-refractivity contribution >= 4 is 46.4 Å². The standard InChI is InChI=1S/C20H20Cl2N2O2/c1-12(2)14-6-3-4-9-17(14)24-11-13(10-18(24)25)20(26)23-16-8-5-7-15(21)19(16)22/h3-9,12-13H,10-11H2,1-2H3,(H,23,26). The summed E-state index contributed by atoms with van der Waals surface area (Å²) in [5, 5.41) is 3.46. The van der Waals surface area contributed by atoms with Gasteiger partial charge in [0.1, 0.15) is 0 Å². The van der Waals surface area contributed by atoms with Crippen LogP contribution in [0.2, 0.25) is 10.0 Å². The van der Waals surface area contributed by atoms with Gasteiger partial charge in [-0.2, -0.15) is 0 Å². The van der Waals surface area contributed by atoms with Crippen LogP contribution in [0.4, 0.5) is 11.4 Å². The van der Waals surface area contributed by atoms with Gasteiger partial charge in [0.25, 0.3) is 0 Å². The zero-order valence-electron chi connectivity index (χ0n) is 14.6. The van der Waals surface area contributed by atoms with Crippen molar-refractivity contribution in [2.45, 2.75) is 26.2 Å². The number of nitrogens with zero attached hydrogens (tertiary/aromatic N) is 1. The van der Waals surface area contributed by atoms with Crippen LogP contribution in [0.5, 0.6) is 0 Å². The topological polar surface area (TPSA) is 49.4 Å². The number of para-hydroxylation sites is 1. The van der Waals surface area contributed by atoms with Gasteiger partial charge in [-0.1, -0.05) is 61.3 Å². The number of rotatable bonds is 4. The number of amides is 2. The summed E-state index contributed by atoms with van der Waals surface area (Å²) in [4.78, 5) is 26.9. The molecule has 2 aromatic carbocycles. The van der Waals surface area contributed by atoms with E-state index >= 15 is 0 Å². The van der Waals surface area contributed by atoms with E-state index < -0.39 is 5.92 Å². The van der Waals surface area contributed by atoms with Gasteiger partial charge in [-0.05, 0) is 29.7 Å². The average Bonchev–Trinajstić information content (AvgIpc) is 3.00. The molecule has 1 aliphatic rings. The number of carbonyl (C=O) groups is 2. The first-order valence-corrected chi connectivity index (χ1v) is 9.28. The number of benzene rings is 2. The molecule has 136 valence electrons. The highest BCUT2D eigenvalue weighted by Crippen LogP contribution is 2.34. The molecule has 0 aliphatic carbocycles. The van der Waals surface area contributed by atoms with E-state index in [2.05, 4.69) is 19.2 Å². The summed E-state index contributed by atoms with van der Waals surface area (Å²) in [7, 11) is 0. The fourth-order valence-corrected chi connectivity index (χ4v) is 3.52. The van der Waals surface area contributed by atoms with Crippen LogP contribution < -0.4 is 10.2 Å². The molecule has 1 unspecified atom stereocenters. The Balaban J connectivity index is 1.78. The highest BCUT2D eigenvalue weighted by atomic mass is 35.5. The van der Waals surface area contributed by atoms with E-state index in [1.165, 1.54) is 0 Å². The van der Waals surface area contributed by atoms with Crippen LogP contribution >= 0.6 is 23.2 Å². The highest BCUT2D eigenvalue weighted by molar-refractivity contribution is 6.44. The van der Waals surface area contributed by atoms with Crippen LogP contribution in [0.1, 0.15) is 31.7 Å². The lowest BCUT2D eigenvalue weighted by Gasteiger charge is -2.22. The van der Waals surface area contributed by atoms with E-state index in [0.717, 1.165) is 11.3 Å². The molecule has 1 fully saturated rings. The van der Waals surface area contributed by atoms with Crippen molar-refractivity contribution in [3.8, 4) is 0 Å². The predicted octanol–water partition coefficient (Wildman–Crippen LogP) is 5.11. The summed E-state index contributed by atoms with van der Waals surface area (Å²) >= 11 is 12.1. The van der Waals surface area contributed by atoms with Crippen LogP contribution in [0.3, 0.4) is 0 Å². The molecular weight excluding hydrogens is 371 g/mol. The van der Waals surface area contributed by atoms with Crippen LogP contribution in [0.15, 0.2) is 42.5 Å². The Kier molecular flexibility index (Phi) is 5.54. The minimum Gasteiger partial charge on any atom is -0.324 e. The second-order valence-corrected chi connectivity index (χ2v) is 7.49. The molecule has 1 aliphatic heterocycles. The molecule has 0 bridgehead atoms. The minimum absolute atomic E-state index is 0.0459. The molecule has 4 nitrogen and oxygen atoms in total. The van der Waals surface area contributed by atoms with Crippen LogP contribution in [-0.2, 0) is 9.59 Å². The van der Waals surface area contributed by atoms with Gasteiger partial charge in [0.15, 0.2) is 0 Å². The number of carbonyl (C=O) groups excluding carboxylic acids is 2. The lowest BCUT2D eigenvalue weighted by Crippen LogP contribution is -2.29. The second kappa shape index (κ2) is 7.68. The number of nitrogens with one attached hydrogen (secondary N) is 1. The Morgan fingerprint density at radius 1 is 1.15 bits per heavy atom. The van der Waals surface area contributed by atoms with Gasteiger partial charge in [-0.3, -0.25) is 9.59 Å². The molecule has 0 aromatic heterocycles. The molecule has 1 N–H and O–H groups in total. The van der Waals surface area contributed by atoms with E-state index in [1.54, 1.807) is 23.1 Å². The molecule has 0 radical (unpaired) electrons. The third-order valence-electron chi connectivity index (χ3n) is 4.55. The monoisotopic (exact) mass is 390 g/mol.